The highest BCUT2D eigenvalue weighted by molar-refractivity contribution is 9.10. The summed E-state index contributed by atoms with van der Waals surface area (Å²) in [6, 6.07) is 6.87. The quantitative estimate of drug-likeness (QED) is 0.836. The lowest BCUT2D eigenvalue weighted by molar-refractivity contribution is 0.102. The highest BCUT2D eigenvalue weighted by Gasteiger charge is 2.10. The van der Waals surface area contributed by atoms with Crippen molar-refractivity contribution in [3.05, 3.63) is 40.0 Å². The van der Waals surface area contributed by atoms with Gasteiger partial charge in [0.1, 0.15) is 0 Å². The van der Waals surface area contributed by atoms with Crippen LogP contribution in [-0.4, -0.2) is 15.7 Å². The van der Waals surface area contributed by atoms with Crippen molar-refractivity contribution in [3.63, 3.8) is 0 Å². The maximum atomic E-state index is 12.0. The average molecular weight is 309 g/mol. The molecule has 5 nitrogen and oxygen atoms in total. The number of rotatable bonds is 2. The average Bonchev–Trinajstić information content (AvgIpc) is 2.56. The van der Waals surface area contributed by atoms with Crippen molar-refractivity contribution >= 4 is 33.3 Å². The van der Waals surface area contributed by atoms with E-state index < -0.39 is 0 Å². The molecule has 0 aliphatic carbocycles. The van der Waals surface area contributed by atoms with Gasteiger partial charge in [0.15, 0.2) is 5.82 Å². The summed E-state index contributed by atoms with van der Waals surface area (Å²) in [5.74, 6) is 0.291. The molecule has 2 aromatic rings. The van der Waals surface area contributed by atoms with Crippen molar-refractivity contribution in [1.82, 2.24) is 9.78 Å². The fourth-order valence-electron chi connectivity index (χ4n) is 1.55. The van der Waals surface area contributed by atoms with Gasteiger partial charge >= 0.3 is 0 Å². The number of benzene rings is 1. The number of nitrogens with two attached hydrogens (primary N) is 1. The minimum Gasteiger partial charge on any atom is -0.399 e. The van der Waals surface area contributed by atoms with Gasteiger partial charge in [-0.1, -0.05) is 15.9 Å². The van der Waals surface area contributed by atoms with E-state index in [9.17, 15) is 4.79 Å². The molecule has 0 aliphatic heterocycles. The topological polar surface area (TPSA) is 72.9 Å². The van der Waals surface area contributed by atoms with Crippen LogP contribution in [-0.2, 0) is 7.05 Å². The van der Waals surface area contributed by atoms with Crippen molar-refractivity contribution in [2.75, 3.05) is 11.1 Å². The number of hydrogen-bond acceptors (Lipinski definition) is 3. The molecule has 1 aromatic heterocycles. The Morgan fingerprint density at radius 3 is 2.67 bits per heavy atom. The van der Waals surface area contributed by atoms with E-state index in [2.05, 4.69) is 26.3 Å². The Kier molecular flexibility index (Phi) is 3.38. The highest BCUT2D eigenvalue weighted by Crippen LogP contribution is 2.18. The fraction of sp³-hybridized carbons (Fsp3) is 0.167. The lowest BCUT2D eigenvalue weighted by Gasteiger charge is -2.04. The first-order valence-electron chi connectivity index (χ1n) is 5.34. The van der Waals surface area contributed by atoms with E-state index in [4.69, 9.17) is 5.73 Å². The molecule has 0 radical (unpaired) electrons. The van der Waals surface area contributed by atoms with Crippen molar-refractivity contribution in [2.45, 2.75) is 6.92 Å². The summed E-state index contributed by atoms with van der Waals surface area (Å²) in [7, 11) is 1.82. The van der Waals surface area contributed by atoms with Gasteiger partial charge in [-0.15, -0.1) is 0 Å². The van der Waals surface area contributed by atoms with Gasteiger partial charge in [-0.3, -0.25) is 9.48 Å². The number of carbonyl (C=O) groups excluding carboxylic acids is 1. The normalized spacial score (nSPS) is 10.4. The van der Waals surface area contributed by atoms with Gasteiger partial charge in [0.05, 0.1) is 0 Å². The first kappa shape index (κ1) is 12.6. The Hall–Kier alpha value is -1.82. The zero-order valence-corrected chi connectivity index (χ0v) is 11.7. The number of nitrogen functional groups attached to an aromatic ring is 1. The first-order chi connectivity index (χ1) is 8.45. The van der Waals surface area contributed by atoms with E-state index in [1.54, 1.807) is 28.9 Å². The summed E-state index contributed by atoms with van der Waals surface area (Å²) in [4.78, 5) is 12.0. The zero-order chi connectivity index (χ0) is 13.3. The predicted octanol–water partition coefficient (Wildman–Crippen LogP) is 2.33. The minimum absolute atomic E-state index is 0.235. The predicted molar refractivity (Wildman–Crippen MR) is 74.5 cm³/mol. The van der Waals surface area contributed by atoms with Crippen molar-refractivity contribution < 1.29 is 4.79 Å². The number of carbonyl (C=O) groups is 1. The van der Waals surface area contributed by atoms with Crippen molar-refractivity contribution in [2.24, 2.45) is 7.05 Å². The number of nitrogens with zero attached hydrogens (tertiary/aromatic N) is 2. The van der Waals surface area contributed by atoms with Crippen LogP contribution in [0.4, 0.5) is 11.5 Å². The Morgan fingerprint density at radius 1 is 1.39 bits per heavy atom. The second kappa shape index (κ2) is 4.81. The SMILES string of the molecule is Cc1cc(NC(=O)c2cc(N)cc(Br)c2)nn1C. The summed E-state index contributed by atoms with van der Waals surface area (Å²) < 4.78 is 2.47. The maximum Gasteiger partial charge on any atom is 0.256 e. The van der Waals surface area contributed by atoms with E-state index >= 15 is 0 Å². The third-order valence-corrected chi connectivity index (χ3v) is 3.00. The number of nitrogens with one attached hydrogen (secondary N) is 1. The second-order valence-electron chi connectivity index (χ2n) is 4.02. The van der Waals surface area contributed by atoms with Crippen LogP contribution in [0.25, 0.3) is 0 Å². The van der Waals surface area contributed by atoms with E-state index in [0.29, 0.717) is 17.1 Å². The van der Waals surface area contributed by atoms with E-state index in [0.717, 1.165) is 10.2 Å². The largest absolute Gasteiger partial charge is 0.399 e. The molecule has 1 heterocycles. The molecule has 0 spiro atoms. The van der Waals surface area contributed by atoms with Gasteiger partial charge in [0, 0.05) is 34.5 Å². The molecular formula is C12H13BrN4O. The van der Waals surface area contributed by atoms with Gasteiger partial charge in [0.25, 0.3) is 5.91 Å². The van der Waals surface area contributed by atoms with Crippen LogP contribution in [0.2, 0.25) is 0 Å². The molecule has 0 saturated heterocycles. The Bertz CT molecular complexity index is 566. The van der Waals surface area contributed by atoms with Crippen LogP contribution in [0, 0.1) is 6.92 Å². The standard InChI is InChI=1S/C12H13BrN4O/c1-7-3-11(16-17(7)2)15-12(18)8-4-9(13)6-10(14)5-8/h3-6H,14H2,1-2H3,(H,15,16,18). The summed E-state index contributed by atoms with van der Waals surface area (Å²) in [5.41, 5.74) is 7.69. The van der Waals surface area contributed by atoms with Crippen molar-refractivity contribution in [3.8, 4) is 0 Å². The van der Waals surface area contributed by atoms with Crippen LogP contribution < -0.4 is 11.1 Å². The molecule has 1 amide bonds. The fourth-order valence-corrected chi connectivity index (χ4v) is 2.06. The monoisotopic (exact) mass is 308 g/mol. The lowest BCUT2D eigenvalue weighted by Crippen LogP contribution is -2.13. The zero-order valence-electron chi connectivity index (χ0n) is 10.1. The molecule has 2 rings (SSSR count). The number of hydrogen-bond donors (Lipinski definition) is 2. The van der Waals surface area contributed by atoms with Crippen molar-refractivity contribution in [1.29, 1.82) is 0 Å². The molecule has 0 aliphatic rings. The number of anilines is 2. The Labute approximate surface area is 113 Å². The third kappa shape index (κ3) is 2.70. The molecule has 3 N–H and O–H groups in total. The molecule has 1 aromatic carbocycles. The molecule has 18 heavy (non-hydrogen) atoms. The minimum atomic E-state index is -0.235. The van der Waals surface area contributed by atoms with Crippen LogP contribution in [0.1, 0.15) is 16.1 Å². The van der Waals surface area contributed by atoms with Gasteiger partial charge in [-0.2, -0.15) is 5.10 Å². The van der Waals surface area contributed by atoms with E-state index in [-0.39, 0.29) is 5.91 Å². The van der Waals surface area contributed by atoms with Crippen LogP contribution in [0.15, 0.2) is 28.7 Å². The molecule has 6 heteroatoms. The first-order valence-corrected chi connectivity index (χ1v) is 6.13. The van der Waals surface area contributed by atoms with Gasteiger partial charge < -0.3 is 11.1 Å². The van der Waals surface area contributed by atoms with Gasteiger partial charge in [-0.25, -0.2) is 0 Å². The maximum absolute atomic E-state index is 12.0. The molecule has 94 valence electrons. The number of aromatic nitrogens is 2. The molecule has 0 atom stereocenters. The van der Waals surface area contributed by atoms with Crippen LogP contribution in [0.3, 0.4) is 0 Å². The summed E-state index contributed by atoms with van der Waals surface area (Å²) in [6.45, 7) is 1.92. The van der Waals surface area contributed by atoms with Crippen LogP contribution >= 0.6 is 15.9 Å². The molecule has 0 fully saturated rings. The molecular weight excluding hydrogens is 296 g/mol. The third-order valence-electron chi connectivity index (χ3n) is 2.54. The Morgan fingerprint density at radius 2 is 2.11 bits per heavy atom. The summed E-state index contributed by atoms with van der Waals surface area (Å²) >= 11 is 3.30. The highest BCUT2D eigenvalue weighted by atomic mass is 79.9. The molecule has 0 unspecified atom stereocenters. The van der Waals surface area contributed by atoms with Crippen LogP contribution in [0.5, 0.6) is 0 Å². The number of aryl methyl sites for hydroxylation is 2. The van der Waals surface area contributed by atoms with E-state index in [1.807, 2.05) is 14.0 Å². The molecule has 0 saturated carbocycles. The Balaban J connectivity index is 2.21. The number of amides is 1. The molecule has 0 bridgehead atoms. The second-order valence-corrected chi connectivity index (χ2v) is 4.94. The van der Waals surface area contributed by atoms with E-state index in [1.165, 1.54) is 0 Å². The van der Waals surface area contributed by atoms with Gasteiger partial charge in [0.2, 0.25) is 0 Å². The number of halogens is 1. The summed E-state index contributed by atoms with van der Waals surface area (Å²) in [6.07, 6.45) is 0. The van der Waals surface area contributed by atoms with Gasteiger partial charge in [-0.05, 0) is 25.1 Å². The summed E-state index contributed by atoms with van der Waals surface area (Å²) in [5, 5.41) is 6.89. The lowest BCUT2D eigenvalue weighted by atomic mass is 10.2. The smallest absolute Gasteiger partial charge is 0.256 e.